The third-order valence-electron chi connectivity index (χ3n) is 4.10. The Morgan fingerprint density at radius 2 is 1.63 bits per heavy atom. The number of anilines is 1. The standard InChI is InChI=1S/C22H20N2O6/c1-28-21-11-10-17(24(26)27)15-20(21)23-22(25)16-6-5-9-19(14-16)30-13-12-29-18-7-3-2-4-8-18/h2-11,14-15H,12-13H2,1H3,(H,23,25). The number of ether oxygens (including phenoxy) is 3. The molecule has 0 saturated heterocycles. The number of nitrogens with one attached hydrogen (secondary N) is 1. The summed E-state index contributed by atoms with van der Waals surface area (Å²) in [5, 5.41) is 13.6. The second-order valence-electron chi connectivity index (χ2n) is 6.13. The number of nitro benzene ring substituents is 1. The van der Waals surface area contributed by atoms with Crippen LogP contribution < -0.4 is 19.5 Å². The number of hydrogen-bond acceptors (Lipinski definition) is 6. The molecule has 0 aliphatic rings. The van der Waals surface area contributed by atoms with Crippen LogP contribution in [0.2, 0.25) is 0 Å². The van der Waals surface area contributed by atoms with Crippen LogP contribution in [0.1, 0.15) is 10.4 Å². The van der Waals surface area contributed by atoms with Crippen molar-refractivity contribution in [3.8, 4) is 17.2 Å². The molecule has 0 aliphatic carbocycles. The number of nitro groups is 1. The first kappa shape index (κ1) is 20.7. The Morgan fingerprint density at radius 3 is 2.33 bits per heavy atom. The van der Waals surface area contributed by atoms with Gasteiger partial charge in [0.25, 0.3) is 11.6 Å². The van der Waals surface area contributed by atoms with Crippen LogP contribution in [-0.4, -0.2) is 31.2 Å². The van der Waals surface area contributed by atoms with Gasteiger partial charge in [0.05, 0.1) is 17.7 Å². The summed E-state index contributed by atoms with van der Waals surface area (Å²) >= 11 is 0. The molecule has 0 heterocycles. The summed E-state index contributed by atoms with van der Waals surface area (Å²) in [5.41, 5.74) is 0.394. The number of carbonyl (C=O) groups is 1. The molecule has 0 radical (unpaired) electrons. The van der Waals surface area contributed by atoms with Gasteiger partial charge in [-0.25, -0.2) is 0 Å². The number of amides is 1. The molecule has 0 spiro atoms. The Hall–Kier alpha value is -4.07. The van der Waals surface area contributed by atoms with Gasteiger partial charge in [-0.1, -0.05) is 24.3 Å². The van der Waals surface area contributed by atoms with Gasteiger partial charge in [-0.05, 0) is 36.4 Å². The van der Waals surface area contributed by atoms with Gasteiger partial charge in [-0.3, -0.25) is 14.9 Å². The highest BCUT2D eigenvalue weighted by atomic mass is 16.6. The normalized spacial score (nSPS) is 10.2. The summed E-state index contributed by atoms with van der Waals surface area (Å²) in [6.45, 7) is 0.657. The molecule has 8 nitrogen and oxygen atoms in total. The van der Waals surface area contributed by atoms with E-state index in [1.807, 2.05) is 30.3 Å². The first-order valence-corrected chi connectivity index (χ1v) is 9.11. The quantitative estimate of drug-likeness (QED) is 0.322. The van der Waals surface area contributed by atoms with Crippen molar-refractivity contribution >= 4 is 17.3 Å². The van der Waals surface area contributed by atoms with Crippen LogP contribution >= 0.6 is 0 Å². The van der Waals surface area contributed by atoms with E-state index < -0.39 is 10.8 Å². The zero-order valence-corrected chi connectivity index (χ0v) is 16.2. The van der Waals surface area contributed by atoms with Crippen molar-refractivity contribution in [3.05, 3.63) is 88.5 Å². The number of nitrogens with zero attached hydrogens (tertiary/aromatic N) is 1. The number of rotatable bonds is 9. The predicted molar refractivity (Wildman–Crippen MR) is 111 cm³/mol. The van der Waals surface area contributed by atoms with Crippen molar-refractivity contribution in [2.24, 2.45) is 0 Å². The Morgan fingerprint density at radius 1 is 0.933 bits per heavy atom. The minimum atomic E-state index is -0.541. The Bertz CT molecular complexity index is 1020. The topological polar surface area (TPSA) is 99.9 Å². The monoisotopic (exact) mass is 408 g/mol. The first-order chi connectivity index (χ1) is 14.6. The van der Waals surface area contributed by atoms with Gasteiger partial charge in [0.15, 0.2) is 0 Å². The third kappa shape index (κ3) is 5.48. The molecule has 154 valence electrons. The second kappa shape index (κ2) is 9.92. The van der Waals surface area contributed by atoms with E-state index in [0.717, 1.165) is 5.75 Å². The van der Waals surface area contributed by atoms with E-state index in [2.05, 4.69) is 5.32 Å². The maximum Gasteiger partial charge on any atom is 0.271 e. The van der Waals surface area contributed by atoms with Gasteiger partial charge in [0.2, 0.25) is 0 Å². The Labute approximate surface area is 173 Å². The maximum absolute atomic E-state index is 12.6. The zero-order valence-electron chi connectivity index (χ0n) is 16.2. The van der Waals surface area contributed by atoms with E-state index in [0.29, 0.717) is 30.3 Å². The van der Waals surface area contributed by atoms with Gasteiger partial charge in [0, 0.05) is 17.7 Å². The molecular formula is C22H20N2O6. The largest absolute Gasteiger partial charge is 0.495 e. The fraction of sp³-hybridized carbons (Fsp3) is 0.136. The van der Waals surface area contributed by atoms with Crippen LogP contribution in [-0.2, 0) is 0 Å². The summed E-state index contributed by atoms with van der Waals surface area (Å²) in [6.07, 6.45) is 0. The lowest BCUT2D eigenvalue weighted by Gasteiger charge is -2.11. The van der Waals surface area contributed by atoms with E-state index in [9.17, 15) is 14.9 Å². The number of para-hydroxylation sites is 1. The van der Waals surface area contributed by atoms with E-state index >= 15 is 0 Å². The number of benzene rings is 3. The van der Waals surface area contributed by atoms with Gasteiger partial charge in [-0.2, -0.15) is 0 Å². The van der Waals surface area contributed by atoms with Crippen LogP contribution in [0.15, 0.2) is 72.8 Å². The number of methoxy groups -OCH3 is 1. The number of hydrogen-bond donors (Lipinski definition) is 1. The molecule has 0 aliphatic heterocycles. The van der Waals surface area contributed by atoms with Gasteiger partial charge >= 0.3 is 0 Å². The number of non-ortho nitro benzene ring substituents is 1. The molecule has 0 unspecified atom stereocenters. The third-order valence-corrected chi connectivity index (χ3v) is 4.10. The van der Waals surface area contributed by atoms with E-state index in [-0.39, 0.29) is 11.4 Å². The minimum Gasteiger partial charge on any atom is -0.495 e. The van der Waals surface area contributed by atoms with E-state index in [4.69, 9.17) is 14.2 Å². The molecule has 0 atom stereocenters. The molecule has 3 rings (SSSR count). The van der Waals surface area contributed by atoms with Crippen LogP contribution in [0.4, 0.5) is 11.4 Å². The smallest absolute Gasteiger partial charge is 0.271 e. The highest BCUT2D eigenvalue weighted by molar-refractivity contribution is 6.05. The molecule has 0 bridgehead atoms. The maximum atomic E-state index is 12.6. The van der Waals surface area contributed by atoms with Gasteiger partial charge < -0.3 is 19.5 Å². The van der Waals surface area contributed by atoms with Crippen LogP contribution in [0.25, 0.3) is 0 Å². The molecule has 1 N–H and O–H groups in total. The van der Waals surface area contributed by atoms with Crippen LogP contribution in [0, 0.1) is 10.1 Å². The minimum absolute atomic E-state index is 0.151. The summed E-state index contributed by atoms with van der Waals surface area (Å²) in [6, 6.07) is 20.0. The zero-order chi connectivity index (χ0) is 21.3. The van der Waals surface area contributed by atoms with E-state index in [1.54, 1.807) is 24.3 Å². The molecule has 0 fully saturated rings. The van der Waals surface area contributed by atoms with Crippen molar-refractivity contribution in [1.29, 1.82) is 0 Å². The highest BCUT2D eigenvalue weighted by Crippen LogP contribution is 2.29. The fourth-order valence-corrected chi connectivity index (χ4v) is 2.66. The predicted octanol–water partition coefficient (Wildman–Crippen LogP) is 4.31. The average molecular weight is 408 g/mol. The van der Waals surface area contributed by atoms with Gasteiger partial charge in [-0.15, -0.1) is 0 Å². The Kier molecular flexibility index (Phi) is 6.83. The summed E-state index contributed by atoms with van der Waals surface area (Å²) in [7, 11) is 1.42. The van der Waals surface area contributed by atoms with Crippen LogP contribution in [0.5, 0.6) is 17.2 Å². The second-order valence-corrected chi connectivity index (χ2v) is 6.13. The summed E-state index contributed by atoms with van der Waals surface area (Å²) in [4.78, 5) is 23.1. The van der Waals surface area contributed by atoms with Gasteiger partial charge in [0.1, 0.15) is 30.5 Å². The van der Waals surface area contributed by atoms with Crippen molar-refractivity contribution in [3.63, 3.8) is 0 Å². The molecule has 3 aromatic carbocycles. The first-order valence-electron chi connectivity index (χ1n) is 9.11. The Balaban J connectivity index is 1.62. The molecule has 8 heteroatoms. The summed E-state index contributed by atoms with van der Waals surface area (Å²) in [5.74, 6) is 1.13. The molecule has 3 aromatic rings. The highest BCUT2D eigenvalue weighted by Gasteiger charge is 2.15. The van der Waals surface area contributed by atoms with Crippen molar-refractivity contribution in [2.45, 2.75) is 0 Å². The lowest BCUT2D eigenvalue weighted by Crippen LogP contribution is -2.13. The lowest BCUT2D eigenvalue weighted by atomic mass is 10.2. The fourth-order valence-electron chi connectivity index (χ4n) is 2.66. The molecule has 30 heavy (non-hydrogen) atoms. The molecule has 0 aromatic heterocycles. The van der Waals surface area contributed by atoms with E-state index in [1.165, 1.54) is 25.3 Å². The SMILES string of the molecule is COc1ccc([N+](=O)[O-])cc1NC(=O)c1cccc(OCCOc2ccccc2)c1. The molecule has 0 saturated carbocycles. The van der Waals surface area contributed by atoms with Crippen molar-refractivity contribution in [2.75, 3.05) is 25.6 Å². The van der Waals surface area contributed by atoms with Crippen molar-refractivity contribution in [1.82, 2.24) is 0 Å². The van der Waals surface area contributed by atoms with Crippen LogP contribution in [0.3, 0.4) is 0 Å². The average Bonchev–Trinajstić information content (AvgIpc) is 2.77. The van der Waals surface area contributed by atoms with Crippen molar-refractivity contribution < 1.29 is 23.9 Å². The molecular weight excluding hydrogens is 388 g/mol. The summed E-state index contributed by atoms with van der Waals surface area (Å²) < 4.78 is 16.4. The molecule has 1 amide bonds. The lowest BCUT2D eigenvalue weighted by molar-refractivity contribution is -0.384. The number of carbonyl (C=O) groups excluding carboxylic acids is 1.